The van der Waals surface area contributed by atoms with Crippen LogP contribution in [0.4, 0.5) is 10.1 Å². The van der Waals surface area contributed by atoms with Gasteiger partial charge in [-0.05, 0) is 48.9 Å². The van der Waals surface area contributed by atoms with E-state index >= 15 is 0 Å². The number of amides is 1. The molecule has 4 rings (SSSR count). The van der Waals surface area contributed by atoms with Crippen molar-refractivity contribution in [1.29, 1.82) is 0 Å². The van der Waals surface area contributed by atoms with E-state index in [0.29, 0.717) is 11.4 Å². The zero-order valence-corrected chi connectivity index (χ0v) is 14.7. The molecule has 2 heterocycles. The molecule has 4 aromatic rings. The van der Waals surface area contributed by atoms with E-state index in [-0.39, 0.29) is 11.0 Å². The van der Waals surface area contributed by atoms with Crippen molar-refractivity contribution in [3.63, 3.8) is 0 Å². The third kappa shape index (κ3) is 3.01. The van der Waals surface area contributed by atoms with Gasteiger partial charge in [0.05, 0.1) is 17.3 Å². The lowest BCUT2D eigenvalue weighted by atomic mass is 10.2. The zero-order chi connectivity index (χ0) is 19.8. The van der Waals surface area contributed by atoms with Crippen LogP contribution in [0.5, 0.6) is 5.75 Å². The van der Waals surface area contributed by atoms with Crippen LogP contribution >= 0.6 is 0 Å². The fraction of sp³-hybridized carbons (Fsp3) is 0.0500. The summed E-state index contributed by atoms with van der Waals surface area (Å²) in [6.45, 7) is 1.92. The molecule has 2 aromatic heterocycles. The molecule has 0 spiro atoms. The second kappa shape index (κ2) is 6.66. The first-order valence-electron chi connectivity index (χ1n) is 8.41. The summed E-state index contributed by atoms with van der Waals surface area (Å²) >= 11 is 0. The maximum atomic E-state index is 13.0. The Morgan fingerprint density at radius 2 is 1.96 bits per heavy atom. The summed E-state index contributed by atoms with van der Waals surface area (Å²) in [5.74, 6) is -1.74. The number of carbonyl (C=O) groups excluding carboxylic acids is 1. The van der Waals surface area contributed by atoms with E-state index in [1.165, 1.54) is 35.1 Å². The lowest BCUT2D eigenvalue weighted by Gasteiger charge is -2.08. The minimum absolute atomic E-state index is 0.227. The minimum Gasteiger partial charge on any atom is -0.506 e. The van der Waals surface area contributed by atoms with E-state index in [1.807, 2.05) is 31.2 Å². The van der Waals surface area contributed by atoms with Gasteiger partial charge >= 0.3 is 0 Å². The first-order valence-corrected chi connectivity index (χ1v) is 8.41. The summed E-state index contributed by atoms with van der Waals surface area (Å²) in [6.07, 6.45) is 1.37. The monoisotopic (exact) mass is 378 g/mol. The van der Waals surface area contributed by atoms with Crippen LogP contribution in [-0.2, 0) is 0 Å². The number of anilines is 1. The molecule has 140 valence electrons. The number of nitrogens with one attached hydrogen (secondary N) is 2. The van der Waals surface area contributed by atoms with Crippen LogP contribution in [0.15, 0.2) is 59.5 Å². The molecule has 0 aliphatic carbocycles. The van der Waals surface area contributed by atoms with E-state index in [2.05, 4.69) is 15.4 Å². The number of halogens is 1. The average Bonchev–Trinajstić information content (AvgIpc) is 3.07. The molecule has 0 saturated carbocycles. The third-order valence-corrected chi connectivity index (χ3v) is 4.30. The summed E-state index contributed by atoms with van der Waals surface area (Å²) in [5, 5.41) is 17.5. The first kappa shape index (κ1) is 17.5. The Labute approximate surface area is 158 Å². The van der Waals surface area contributed by atoms with Gasteiger partial charge in [0.15, 0.2) is 0 Å². The van der Waals surface area contributed by atoms with Crippen molar-refractivity contribution in [2.75, 3.05) is 5.32 Å². The predicted octanol–water partition coefficient (Wildman–Crippen LogP) is 3.12. The maximum absolute atomic E-state index is 13.0. The highest BCUT2D eigenvalue weighted by molar-refractivity contribution is 6.08. The van der Waals surface area contributed by atoms with E-state index in [0.717, 1.165) is 5.56 Å². The number of rotatable bonds is 3. The molecule has 1 amide bonds. The molecule has 2 aromatic carbocycles. The number of pyridine rings is 1. The van der Waals surface area contributed by atoms with Crippen molar-refractivity contribution >= 4 is 22.6 Å². The third-order valence-electron chi connectivity index (χ3n) is 4.30. The van der Waals surface area contributed by atoms with Crippen molar-refractivity contribution in [3.05, 3.63) is 82.0 Å². The Balaban J connectivity index is 1.78. The van der Waals surface area contributed by atoms with Gasteiger partial charge in [-0.25, -0.2) is 9.07 Å². The van der Waals surface area contributed by atoms with E-state index < -0.39 is 28.6 Å². The lowest BCUT2D eigenvalue weighted by molar-refractivity contribution is 0.102. The van der Waals surface area contributed by atoms with Crippen LogP contribution in [0, 0.1) is 12.7 Å². The Morgan fingerprint density at radius 1 is 1.21 bits per heavy atom. The van der Waals surface area contributed by atoms with Crippen LogP contribution in [0.25, 0.3) is 16.7 Å². The molecule has 0 fully saturated rings. The number of aromatic hydroxyl groups is 1. The second-order valence-electron chi connectivity index (χ2n) is 6.30. The molecule has 0 aliphatic heterocycles. The molecule has 0 bridgehead atoms. The summed E-state index contributed by atoms with van der Waals surface area (Å²) in [6, 6.07) is 12.5. The number of fused-ring (bicyclic) bond motifs is 1. The first-order chi connectivity index (χ1) is 13.4. The molecule has 3 N–H and O–H groups in total. The average molecular weight is 378 g/mol. The van der Waals surface area contributed by atoms with Gasteiger partial charge in [-0.15, -0.1) is 0 Å². The number of carbonyl (C=O) groups is 1. The fourth-order valence-electron chi connectivity index (χ4n) is 2.95. The highest BCUT2D eigenvalue weighted by atomic mass is 19.1. The van der Waals surface area contributed by atoms with Crippen molar-refractivity contribution < 1.29 is 14.3 Å². The Bertz CT molecular complexity index is 1260. The Morgan fingerprint density at radius 3 is 2.68 bits per heavy atom. The van der Waals surface area contributed by atoms with Crippen molar-refractivity contribution in [2.45, 2.75) is 6.92 Å². The molecule has 0 atom stereocenters. The van der Waals surface area contributed by atoms with Gasteiger partial charge in [-0.2, -0.15) is 5.10 Å². The summed E-state index contributed by atoms with van der Waals surface area (Å²) in [7, 11) is 0. The van der Waals surface area contributed by atoms with Gasteiger partial charge in [0.2, 0.25) is 0 Å². The number of aromatic nitrogens is 3. The second-order valence-corrected chi connectivity index (χ2v) is 6.30. The van der Waals surface area contributed by atoms with Gasteiger partial charge in [0.1, 0.15) is 22.8 Å². The molecule has 7 nitrogen and oxygen atoms in total. The molecule has 8 heteroatoms. The Hall–Kier alpha value is -3.94. The molecular weight excluding hydrogens is 363 g/mol. The number of H-pyrrole nitrogens is 1. The van der Waals surface area contributed by atoms with Crippen LogP contribution in [-0.4, -0.2) is 25.8 Å². The number of aromatic amines is 1. The van der Waals surface area contributed by atoms with Crippen molar-refractivity contribution in [1.82, 2.24) is 14.8 Å². The van der Waals surface area contributed by atoms with Crippen LogP contribution in [0.3, 0.4) is 0 Å². The zero-order valence-electron chi connectivity index (χ0n) is 14.7. The van der Waals surface area contributed by atoms with Crippen LogP contribution in [0.2, 0.25) is 0 Å². The van der Waals surface area contributed by atoms with E-state index in [1.54, 1.807) is 0 Å². The Kier molecular flexibility index (Phi) is 4.15. The van der Waals surface area contributed by atoms with Gasteiger partial charge < -0.3 is 15.4 Å². The molecule has 28 heavy (non-hydrogen) atoms. The van der Waals surface area contributed by atoms with E-state index in [9.17, 15) is 19.1 Å². The number of hydrogen-bond acceptors (Lipinski definition) is 4. The number of benzene rings is 2. The largest absolute Gasteiger partial charge is 0.506 e. The maximum Gasteiger partial charge on any atom is 0.266 e. The quantitative estimate of drug-likeness (QED) is 0.510. The molecule has 0 unspecified atom stereocenters. The van der Waals surface area contributed by atoms with Crippen LogP contribution < -0.4 is 10.9 Å². The van der Waals surface area contributed by atoms with Gasteiger partial charge in [0, 0.05) is 5.69 Å². The number of nitrogens with zero attached hydrogens (tertiary/aromatic N) is 2. The molecule has 0 radical (unpaired) electrons. The molecule has 0 saturated heterocycles. The summed E-state index contributed by atoms with van der Waals surface area (Å²) in [5.41, 5.74) is 1.06. The van der Waals surface area contributed by atoms with Crippen molar-refractivity contribution in [2.24, 2.45) is 0 Å². The lowest BCUT2D eigenvalue weighted by Crippen LogP contribution is -2.23. The van der Waals surface area contributed by atoms with Gasteiger partial charge in [-0.3, -0.25) is 9.59 Å². The summed E-state index contributed by atoms with van der Waals surface area (Å²) in [4.78, 5) is 27.6. The van der Waals surface area contributed by atoms with Crippen molar-refractivity contribution in [3.8, 4) is 11.4 Å². The highest BCUT2D eigenvalue weighted by Crippen LogP contribution is 2.27. The number of aryl methyl sites for hydroxylation is 1. The standard InChI is InChI=1S/C20H15FN4O3/c1-11-3-2-4-14(9-11)25-18-15(10-22-25)17(26)16(20(28)24-18)19(27)23-13-7-5-12(21)6-8-13/h2-10H,1H3,(H,23,27)(H2,24,26,28). The SMILES string of the molecule is Cc1cccc(-n2ncc3c(O)c(C(=O)Nc4ccc(F)cc4)c(=O)[nH]c32)c1. The number of hydrogen-bond donors (Lipinski definition) is 3. The topological polar surface area (TPSA) is 100 Å². The van der Waals surface area contributed by atoms with Gasteiger partial charge in [0.25, 0.3) is 11.5 Å². The molecular formula is C20H15FN4O3. The highest BCUT2D eigenvalue weighted by Gasteiger charge is 2.22. The summed E-state index contributed by atoms with van der Waals surface area (Å²) < 4.78 is 14.5. The minimum atomic E-state index is -0.810. The normalized spacial score (nSPS) is 10.9. The van der Waals surface area contributed by atoms with E-state index in [4.69, 9.17) is 0 Å². The predicted molar refractivity (Wildman–Crippen MR) is 102 cm³/mol. The fourth-order valence-corrected chi connectivity index (χ4v) is 2.95. The van der Waals surface area contributed by atoms with Gasteiger partial charge in [-0.1, -0.05) is 12.1 Å². The van der Waals surface area contributed by atoms with Crippen LogP contribution in [0.1, 0.15) is 15.9 Å². The smallest absolute Gasteiger partial charge is 0.266 e. The molecule has 0 aliphatic rings.